The molecule has 2 nitrogen and oxygen atoms in total. The Bertz CT molecular complexity index is 967. The van der Waals surface area contributed by atoms with Crippen molar-refractivity contribution in [2.75, 3.05) is 36.2 Å². The van der Waals surface area contributed by atoms with E-state index in [0.717, 1.165) is 23.7 Å². The van der Waals surface area contributed by atoms with Crippen molar-refractivity contribution in [1.82, 2.24) is 0 Å². The number of halogens is 1. The second-order valence-corrected chi connectivity index (χ2v) is 15.9. The molecule has 0 spiro atoms. The van der Waals surface area contributed by atoms with Gasteiger partial charge in [-0.05, 0) is 80.5 Å². The van der Waals surface area contributed by atoms with Crippen LogP contribution in [0, 0.1) is 0 Å². The van der Waals surface area contributed by atoms with Crippen molar-refractivity contribution < 1.29 is 28.7 Å². The highest BCUT2D eigenvalue weighted by Crippen LogP contribution is 2.61. The molecule has 0 aromatic heterocycles. The molecule has 0 aliphatic rings. The van der Waals surface area contributed by atoms with Gasteiger partial charge in [0.05, 0.1) is 31.3 Å². The van der Waals surface area contributed by atoms with E-state index in [4.69, 9.17) is 4.74 Å². The molecule has 0 N–H and O–H groups in total. The Morgan fingerprint density at radius 1 is 0.512 bits per heavy atom. The van der Waals surface area contributed by atoms with Crippen LogP contribution < -0.4 is 28.9 Å². The molecule has 0 bridgehead atoms. The predicted molar refractivity (Wildman–Crippen MR) is 180 cm³/mol. The molecule has 0 heterocycles. The number of hydrogen-bond donors (Lipinski definition) is 0. The third-order valence-electron chi connectivity index (χ3n) is 8.12. The second-order valence-electron chi connectivity index (χ2n) is 11.4. The van der Waals surface area contributed by atoms with E-state index in [1.807, 2.05) is 0 Å². The zero-order chi connectivity index (χ0) is 28.3. The Morgan fingerprint density at radius 3 is 1.44 bits per heavy atom. The lowest BCUT2D eigenvalue weighted by atomic mass is 10.1. The molecule has 0 atom stereocenters. The van der Waals surface area contributed by atoms with Crippen LogP contribution in [-0.4, -0.2) is 31.3 Å². The van der Waals surface area contributed by atoms with Gasteiger partial charge < -0.3 is 33.6 Å². The van der Waals surface area contributed by atoms with E-state index in [1.165, 1.54) is 69.8 Å². The van der Waals surface area contributed by atoms with Crippen LogP contribution in [0.3, 0.4) is 0 Å². The van der Waals surface area contributed by atoms with Crippen molar-refractivity contribution in [3.05, 3.63) is 90.5 Å². The number of anilines is 3. The van der Waals surface area contributed by atoms with Gasteiger partial charge in [0.15, 0.2) is 0 Å². The fourth-order valence-electron chi connectivity index (χ4n) is 5.69. The number of unbranched alkanes of at least 4 members (excludes halogenated alkanes) is 6. The first-order valence-corrected chi connectivity index (χ1v) is 18.7. The van der Waals surface area contributed by atoms with Crippen molar-refractivity contribution in [3.63, 3.8) is 0 Å². The van der Waals surface area contributed by atoms with Crippen molar-refractivity contribution in [2.45, 2.75) is 91.6 Å². The minimum absolute atomic E-state index is 0. The van der Waals surface area contributed by atoms with E-state index in [9.17, 15) is 0 Å². The van der Waals surface area contributed by atoms with Crippen molar-refractivity contribution >= 4 is 24.3 Å². The smallest absolute Gasteiger partial charge is 0.0716 e. The number of nitrogens with zero attached hydrogens (tertiary/aromatic N) is 1. The topological polar surface area (TPSA) is 12.5 Å². The van der Waals surface area contributed by atoms with E-state index in [0.29, 0.717) is 6.61 Å². The summed E-state index contributed by atoms with van der Waals surface area (Å²) in [4.78, 5) is 2.30. The van der Waals surface area contributed by atoms with Gasteiger partial charge in [0.2, 0.25) is 0 Å². The second kappa shape index (κ2) is 21.3. The highest BCUT2D eigenvalue weighted by atomic mass is 127. The minimum Gasteiger partial charge on any atom is -1.00 e. The lowest BCUT2D eigenvalue weighted by Crippen LogP contribution is -3.00. The first-order valence-electron chi connectivity index (χ1n) is 16.1. The number of hydrogen-bond acceptors (Lipinski definition) is 2. The summed E-state index contributed by atoms with van der Waals surface area (Å²) >= 11 is 0. The summed E-state index contributed by atoms with van der Waals surface area (Å²) in [5.41, 5.74) is 4.73. The monoisotopic (exact) mass is 687 g/mol. The van der Waals surface area contributed by atoms with Crippen molar-refractivity contribution in [3.8, 4) is 0 Å². The van der Waals surface area contributed by atoms with Gasteiger partial charge in [-0.2, -0.15) is 0 Å². The summed E-state index contributed by atoms with van der Waals surface area (Å²) in [5, 5.41) is 0. The van der Waals surface area contributed by atoms with Crippen molar-refractivity contribution in [1.29, 1.82) is 0 Å². The van der Waals surface area contributed by atoms with E-state index >= 15 is 0 Å². The van der Waals surface area contributed by atoms with Gasteiger partial charge in [0.25, 0.3) is 0 Å². The molecule has 41 heavy (non-hydrogen) atoms. The molecular formula is C37H55INOP. The summed E-state index contributed by atoms with van der Waals surface area (Å²) in [6, 6.07) is 30.0. The van der Waals surface area contributed by atoms with Crippen LogP contribution in [0.25, 0.3) is 0 Å². The van der Waals surface area contributed by atoms with Gasteiger partial charge in [-0.25, -0.2) is 0 Å². The molecule has 3 rings (SSSR count). The van der Waals surface area contributed by atoms with Gasteiger partial charge in [0, 0.05) is 30.9 Å². The molecule has 0 fully saturated rings. The zero-order valence-corrected chi connectivity index (χ0v) is 29.1. The Kier molecular flexibility index (Phi) is 18.6. The van der Waals surface area contributed by atoms with Gasteiger partial charge in [-0.15, -0.1) is 0 Å². The van der Waals surface area contributed by atoms with Crippen LogP contribution in [0.2, 0.25) is 0 Å². The van der Waals surface area contributed by atoms with Crippen LogP contribution >= 0.6 is 7.26 Å². The van der Waals surface area contributed by atoms with Crippen molar-refractivity contribution in [2.24, 2.45) is 0 Å². The molecule has 0 saturated heterocycles. The van der Waals surface area contributed by atoms with Gasteiger partial charge >= 0.3 is 0 Å². The maximum absolute atomic E-state index is 6.09. The Hall–Kier alpha value is -1.42. The largest absolute Gasteiger partial charge is 1.00 e. The number of rotatable bonds is 21. The zero-order valence-electron chi connectivity index (χ0n) is 26.1. The molecule has 4 heteroatoms. The Balaban J connectivity index is 0.00000588. The third-order valence-corrected chi connectivity index (χ3v) is 13.2. The molecule has 3 aromatic carbocycles. The molecule has 0 aliphatic carbocycles. The normalized spacial score (nSPS) is 11.3. The SMILES string of the molecule is CCCC[P+](CCCC)(CCCC)CCCCCCOCc1ccc(N(c2ccccc2)c2ccccc2)cc1.[I-]. The minimum atomic E-state index is -0.733. The van der Waals surface area contributed by atoms with Crippen LogP contribution in [0.1, 0.15) is 90.5 Å². The standard InChI is InChI=1S/C37H55NOP.HI/c1-4-7-29-40(30-8-5-2,31-9-6-3)32-19-11-10-18-28-39-33-34-24-26-37(27-25-34)38(35-20-14-12-15-21-35)36-22-16-13-17-23-36;/h12-17,20-27H,4-11,18-19,28-33H2,1-3H3;1H/q+1;/p-1. The summed E-state index contributed by atoms with van der Waals surface area (Å²) in [6.07, 6.45) is 19.9. The third kappa shape index (κ3) is 12.8. The van der Waals surface area contributed by atoms with E-state index in [2.05, 4.69) is 111 Å². The summed E-state index contributed by atoms with van der Waals surface area (Å²) in [5.74, 6) is 0. The first kappa shape index (κ1) is 35.8. The highest BCUT2D eigenvalue weighted by Gasteiger charge is 2.34. The van der Waals surface area contributed by atoms with E-state index in [1.54, 1.807) is 24.6 Å². The molecule has 0 aliphatic heterocycles. The lowest BCUT2D eigenvalue weighted by Gasteiger charge is -2.28. The molecule has 0 amide bonds. The fraction of sp³-hybridized carbons (Fsp3) is 0.514. The van der Waals surface area contributed by atoms with E-state index in [-0.39, 0.29) is 24.0 Å². The average molecular weight is 688 g/mol. The predicted octanol–water partition coefficient (Wildman–Crippen LogP) is 8.66. The van der Waals surface area contributed by atoms with Gasteiger partial charge in [-0.3, -0.25) is 0 Å². The molecular weight excluding hydrogens is 632 g/mol. The van der Waals surface area contributed by atoms with Crippen LogP contribution in [0.4, 0.5) is 17.1 Å². The molecule has 226 valence electrons. The fourth-order valence-corrected chi connectivity index (χ4v) is 10.9. The Morgan fingerprint density at radius 2 is 0.951 bits per heavy atom. The van der Waals surface area contributed by atoms with Gasteiger partial charge in [0.1, 0.15) is 0 Å². The summed E-state index contributed by atoms with van der Waals surface area (Å²) in [7, 11) is -0.733. The van der Waals surface area contributed by atoms with Crippen LogP contribution in [0.15, 0.2) is 84.9 Å². The lowest BCUT2D eigenvalue weighted by molar-refractivity contribution is -0.00000897. The van der Waals surface area contributed by atoms with Crippen LogP contribution in [0.5, 0.6) is 0 Å². The Labute approximate surface area is 270 Å². The van der Waals surface area contributed by atoms with E-state index < -0.39 is 7.26 Å². The van der Waals surface area contributed by atoms with Crippen LogP contribution in [-0.2, 0) is 11.3 Å². The maximum atomic E-state index is 6.09. The molecule has 0 radical (unpaired) electrons. The maximum Gasteiger partial charge on any atom is 0.0716 e. The summed E-state index contributed by atoms with van der Waals surface area (Å²) in [6.45, 7) is 8.66. The molecule has 3 aromatic rings. The number of benzene rings is 3. The molecule has 0 saturated carbocycles. The van der Waals surface area contributed by atoms with Gasteiger partial charge in [-0.1, -0.05) is 95.0 Å². The molecule has 0 unspecified atom stereocenters. The quantitative estimate of drug-likeness (QED) is 0.0632. The average Bonchev–Trinajstić information content (AvgIpc) is 3.01. The highest BCUT2D eigenvalue weighted by molar-refractivity contribution is 7.75. The summed E-state index contributed by atoms with van der Waals surface area (Å²) < 4.78 is 6.09. The number of para-hydroxylation sites is 2. The number of ether oxygens (including phenoxy) is 1. The first-order chi connectivity index (χ1) is 19.7.